The van der Waals surface area contributed by atoms with E-state index in [0.29, 0.717) is 13.1 Å². The maximum Gasteiger partial charge on any atom is 0.410 e. The summed E-state index contributed by atoms with van der Waals surface area (Å²) in [6.07, 6.45) is 4.77. The highest BCUT2D eigenvalue weighted by atomic mass is 16.6. The van der Waals surface area contributed by atoms with Crippen molar-refractivity contribution in [2.24, 2.45) is 0 Å². The first kappa shape index (κ1) is 16.8. The molecule has 24 heavy (non-hydrogen) atoms. The Balaban J connectivity index is 1.91. The van der Waals surface area contributed by atoms with Gasteiger partial charge in [0.25, 0.3) is 0 Å². The van der Waals surface area contributed by atoms with Crippen molar-refractivity contribution in [1.29, 1.82) is 0 Å². The van der Waals surface area contributed by atoms with E-state index in [9.17, 15) is 4.79 Å². The van der Waals surface area contributed by atoms with Crippen molar-refractivity contribution >= 4 is 11.7 Å². The van der Waals surface area contributed by atoms with E-state index in [1.807, 2.05) is 20.8 Å². The van der Waals surface area contributed by atoms with E-state index in [-0.39, 0.29) is 6.09 Å². The smallest absolute Gasteiger partial charge is 0.410 e. The number of aryl methyl sites for hydroxylation is 1. The maximum atomic E-state index is 12.4. The number of carbonyl (C=O) groups excluding carboxylic acids is 1. The zero-order valence-corrected chi connectivity index (χ0v) is 15.2. The molecule has 1 amide bonds. The largest absolute Gasteiger partial charge is 0.444 e. The molecule has 3 rings (SSSR count). The molecule has 0 spiro atoms. The third kappa shape index (κ3) is 3.12. The van der Waals surface area contributed by atoms with Gasteiger partial charge in [-0.25, -0.2) is 4.79 Å². The topological polar surface area (TPSA) is 47.4 Å². The van der Waals surface area contributed by atoms with Gasteiger partial charge in [0.05, 0.1) is 17.9 Å². The van der Waals surface area contributed by atoms with Crippen molar-refractivity contribution in [3.8, 4) is 0 Å². The lowest BCUT2D eigenvalue weighted by Crippen LogP contribution is -2.40. The molecule has 0 aliphatic carbocycles. The highest BCUT2D eigenvalue weighted by molar-refractivity contribution is 5.78. The van der Waals surface area contributed by atoms with Gasteiger partial charge in [0.1, 0.15) is 5.60 Å². The first-order chi connectivity index (χ1) is 11.3. The van der Waals surface area contributed by atoms with Crippen molar-refractivity contribution in [2.45, 2.75) is 65.6 Å². The van der Waals surface area contributed by atoms with Gasteiger partial charge in [0, 0.05) is 25.1 Å². The fourth-order valence-corrected chi connectivity index (χ4v) is 3.45. The van der Waals surface area contributed by atoms with Gasteiger partial charge < -0.3 is 9.64 Å². The summed E-state index contributed by atoms with van der Waals surface area (Å²) in [7, 11) is 0. The highest BCUT2D eigenvalue weighted by Crippen LogP contribution is 2.35. The summed E-state index contributed by atoms with van der Waals surface area (Å²) < 4.78 is 7.62. The van der Waals surface area contributed by atoms with Crippen molar-refractivity contribution in [3.05, 3.63) is 35.2 Å². The Morgan fingerprint density at radius 2 is 2.04 bits per heavy atom. The molecular weight excluding hydrogens is 302 g/mol. The monoisotopic (exact) mass is 329 g/mol. The van der Waals surface area contributed by atoms with Crippen LogP contribution in [-0.4, -0.2) is 32.9 Å². The second kappa shape index (κ2) is 6.11. The van der Waals surface area contributed by atoms with Gasteiger partial charge in [0.15, 0.2) is 0 Å². The van der Waals surface area contributed by atoms with Gasteiger partial charge in [-0.15, -0.1) is 0 Å². The normalized spacial score (nSPS) is 19.8. The van der Waals surface area contributed by atoms with E-state index in [1.165, 1.54) is 5.57 Å². The molecule has 0 fully saturated rings. The van der Waals surface area contributed by atoms with Gasteiger partial charge >= 0.3 is 6.09 Å². The average molecular weight is 329 g/mol. The standard InChI is InChI=1S/C19H27N3O2/c1-6-14-8-7-10-22-17(13(14)2)15-12-21(11-9-16(15)20-22)18(23)24-19(3,4)5/h6H,2,7-12H2,1,3-5H3. The minimum Gasteiger partial charge on any atom is -0.444 e. The lowest BCUT2D eigenvalue weighted by atomic mass is 9.96. The summed E-state index contributed by atoms with van der Waals surface area (Å²) in [4.78, 5) is 14.2. The van der Waals surface area contributed by atoms with Crippen LogP contribution in [0.3, 0.4) is 0 Å². The van der Waals surface area contributed by atoms with Crippen molar-refractivity contribution in [1.82, 2.24) is 14.7 Å². The Bertz CT molecular complexity index is 707. The van der Waals surface area contributed by atoms with Crippen LogP contribution in [0.25, 0.3) is 5.57 Å². The fourth-order valence-electron chi connectivity index (χ4n) is 3.45. The molecule has 5 nitrogen and oxygen atoms in total. The van der Waals surface area contributed by atoms with Crippen LogP contribution in [0.15, 0.2) is 18.2 Å². The number of hydrogen-bond donors (Lipinski definition) is 0. The third-order valence-corrected chi connectivity index (χ3v) is 4.59. The average Bonchev–Trinajstić information content (AvgIpc) is 2.78. The van der Waals surface area contributed by atoms with Gasteiger partial charge in [-0.1, -0.05) is 12.7 Å². The number of aromatic nitrogens is 2. The summed E-state index contributed by atoms with van der Waals surface area (Å²) in [5.41, 5.74) is 5.20. The molecule has 0 aromatic carbocycles. The number of nitrogens with zero attached hydrogens (tertiary/aromatic N) is 3. The zero-order valence-electron chi connectivity index (χ0n) is 15.2. The van der Waals surface area contributed by atoms with Crippen LogP contribution in [0.2, 0.25) is 0 Å². The lowest BCUT2D eigenvalue weighted by Gasteiger charge is -2.30. The highest BCUT2D eigenvalue weighted by Gasteiger charge is 2.31. The van der Waals surface area contributed by atoms with Crippen LogP contribution in [0.4, 0.5) is 4.79 Å². The van der Waals surface area contributed by atoms with Gasteiger partial charge in [0.2, 0.25) is 0 Å². The first-order valence-electron chi connectivity index (χ1n) is 8.71. The van der Waals surface area contributed by atoms with Gasteiger partial charge in [-0.05, 0) is 51.7 Å². The van der Waals surface area contributed by atoms with E-state index in [4.69, 9.17) is 9.84 Å². The molecular formula is C19H27N3O2. The molecule has 1 aromatic heterocycles. The lowest BCUT2D eigenvalue weighted by molar-refractivity contribution is 0.0223. The molecule has 0 unspecified atom stereocenters. The molecule has 1 aromatic rings. The third-order valence-electron chi connectivity index (χ3n) is 4.59. The Kier molecular flexibility index (Phi) is 4.28. The fraction of sp³-hybridized carbons (Fsp3) is 0.579. The number of rotatable bonds is 0. The zero-order chi connectivity index (χ0) is 17.5. The quantitative estimate of drug-likeness (QED) is 0.724. The minimum atomic E-state index is -0.477. The minimum absolute atomic E-state index is 0.251. The van der Waals surface area contributed by atoms with Gasteiger partial charge in [-0.2, -0.15) is 5.10 Å². The van der Waals surface area contributed by atoms with Crippen LogP contribution >= 0.6 is 0 Å². The van der Waals surface area contributed by atoms with Crippen LogP contribution in [-0.2, 0) is 24.2 Å². The SMILES string of the molecule is C=C1C(=CC)CCCn2nc3c(c21)CN(C(=O)OC(C)(C)C)CC3. The maximum absolute atomic E-state index is 12.4. The molecule has 0 N–H and O–H groups in total. The molecule has 0 bridgehead atoms. The number of allylic oxidation sites excluding steroid dienone is 3. The number of carbonyl (C=O) groups is 1. The molecule has 2 aliphatic heterocycles. The molecule has 5 heteroatoms. The number of fused-ring (bicyclic) bond motifs is 3. The van der Waals surface area contributed by atoms with E-state index in [1.54, 1.807) is 4.90 Å². The predicted octanol–water partition coefficient (Wildman–Crippen LogP) is 3.93. The molecule has 2 aliphatic rings. The number of hydrogen-bond acceptors (Lipinski definition) is 3. The Hall–Kier alpha value is -2.04. The second-order valence-electron chi connectivity index (χ2n) is 7.54. The van der Waals surface area contributed by atoms with E-state index in [2.05, 4.69) is 24.3 Å². The van der Waals surface area contributed by atoms with Crippen LogP contribution < -0.4 is 0 Å². The summed E-state index contributed by atoms with van der Waals surface area (Å²) >= 11 is 0. The van der Waals surface area contributed by atoms with Crippen molar-refractivity contribution < 1.29 is 9.53 Å². The van der Waals surface area contributed by atoms with Crippen LogP contribution in [0.1, 0.15) is 57.5 Å². The molecule has 0 radical (unpaired) electrons. The number of amides is 1. The van der Waals surface area contributed by atoms with Crippen molar-refractivity contribution in [3.63, 3.8) is 0 Å². The summed E-state index contributed by atoms with van der Waals surface area (Å²) in [5, 5.41) is 4.79. The Morgan fingerprint density at radius 1 is 1.29 bits per heavy atom. The second-order valence-corrected chi connectivity index (χ2v) is 7.54. The molecule has 3 heterocycles. The molecule has 0 atom stereocenters. The molecule has 0 saturated heterocycles. The van der Waals surface area contributed by atoms with Crippen LogP contribution in [0, 0.1) is 0 Å². The van der Waals surface area contributed by atoms with E-state index >= 15 is 0 Å². The molecule has 0 saturated carbocycles. The number of ether oxygens (including phenoxy) is 1. The first-order valence-corrected chi connectivity index (χ1v) is 8.71. The summed E-state index contributed by atoms with van der Waals surface area (Å²) in [5.74, 6) is 0. The summed E-state index contributed by atoms with van der Waals surface area (Å²) in [6, 6.07) is 0. The Morgan fingerprint density at radius 3 is 2.71 bits per heavy atom. The van der Waals surface area contributed by atoms with Gasteiger partial charge in [-0.3, -0.25) is 4.68 Å². The predicted molar refractivity (Wildman–Crippen MR) is 94.6 cm³/mol. The van der Waals surface area contributed by atoms with Crippen LogP contribution in [0.5, 0.6) is 0 Å². The van der Waals surface area contributed by atoms with E-state index in [0.717, 1.165) is 48.3 Å². The Labute approximate surface area is 144 Å². The summed E-state index contributed by atoms with van der Waals surface area (Å²) in [6.45, 7) is 14.2. The van der Waals surface area contributed by atoms with Crippen molar-refractivity contribution in [2.75, 3.05) is 6.54 Å². The molecule has 130 valence electrons. The van der Waals surface area contributed by atoms with E-state index < -0.39 is 5.60 Å².